The van der Waals surface area contributed by atoms with Crippen molar-refractivity contribution in [2.75, 3.05) is 20.0 Å². The van der Waals surface area contributed by atoms with Crippen LogP contribution in [0.15, 0.2) is 29.2 Å². The Balaban J connectivity index is 2.92. The summed E-state index contributed by atoms with van der Waals surface area (Å²) in [5, 5.41) is 0. The second-order valence-electron chi connectivity index (χ2n) is 2.56. The molecule has 0 aromatic heterocycles. The van der Waals surface area contributed by atoms with Gasteiger partial charge in [0, 0.05) is 17.6 Å². The van der Waals surface area contributed by atoms with E-state index < -0.39 is 0 Å². The first-order valence-corrected chi connectivity index (χ1v) is 5.17. The maximum absolute atomic E-state index is 11.5. The highest BCUT2D eigenvalue weighted by molar-refractivity contribution is 7.98. The van der Waals surface area contributed by atoms with E-state index in [-0.39, 0.29) is 12.4 Å². The van der Waals surface area contributed by atoms with Gasteiger partial charge in [0.15, 0.2) is 5.78 Å². The molecule has 0 heterocycles. The average Bonchev–Trinajstić information content (AvgIpc) is 2.18. The monoisotopic (exact) mass is 196 g/mol. The minimum atomic E-state index is 0.0347. The number of thioether (sulfide) groups is 1. The molecule has 0 N–H and O–H groups in total. The van der Waals surface area contributed by atoms with Crippen LogP contribution >= 0.6 is 11.8 Å². The predicted molar refractivity (Wildman–Crippen MR) is 54.4 cm³/mol. The Morgan fingerprint density at radius 2 is 2.15 bits per heavy atom. The van der Waals surface area contributed by atoms with Crippen LogP contribution in [-0.2, 0) is 4.74 Å². The van der Waals surface area contributed by atoms with E-state index in [0.717, 1.165) is 10.5 Å². The number of carbonyl (C=O) groups is 1. The van der Waals surface area contributed by atoms with E-state index in [1.807, 2.05) is 30.5 Å². The summed E-state index contributed by atoms with van der Waals surface area (Å²) < 4.78 is 4.80. The van der Waals surface area contributed by atoms with Crippen LogP contribution < -0.4 is 0 Å². The molecular formula is C10H12O2S. The lowest BCUT2D eigenvalue weighted by Crippen LogP contribution is -2.07. The summed E-state index contributed by atoms with van der Waals surface area (Å²) in [7, 11) is 1.53. The molecule has 0 saturated heterocycles. The molecule has 0 spiro atoms. The zero-order valence-corrected chi connectivity index (χ0v) is 8.56. The third kappa shape index (κ3) is 2.57. The maximum Gasteiger partial charge on any atom is 0.189 e. The molecule has 0 radical (unpaired) electrons. The zero-order valence-electron chi connectivity index (χ0n) is 7.74. The molecule has 0 aliphatic rings. The molecule has 0 saturated carbocycles. The molecular weight excluding hydrogens is 184 g/mol. The van der Waals surface area contributed by atoms with Gasteiger partial charge in [-0.3, -0.25) is 4.79 Å². The van der Waals surface area contributed by atoms with Crippen LogP contribution in [0, 0.1) is 0 Å². The largest absolute Gasteiger partial charge is 0.377 e. The smallest absolute Gasteiger partial charge is 0.189 e. The van der Waals surface area contributed by atoms with Crippen molar-refractivity contribution < 1.29 is 9.53 Å². The standard InChI is InChI=1S/C10H12O2S/c1-12-7-9(11)8-5-3-4-6-10(8)13-2/h3-6H,7H2,1-2H3. The van der Waals surface area contributed by atoms with Crippen molar-refractivity contribution in [2.24, 2.45) is 0 Å². The molecule has 0 fully saturated rings. The van der Waals surface area contributed by atoms with Gasteiger partial charge in [-0.05, 0) is 12.3 Å². The molecule has 0 atom stereocenters. The molecule has 0 bridgehead atoms. The first-order chi connectivity index (χ1) is 6.29. The van der Waals surface area contributed by atoms with Crippen LogP contribution in [0.5, 0.6) is 0 Å². The molecule has 70 valence electrons. The van der Waals surface area contributed by atoms with E-state index in [4.69, 9.17) is 4.74 Å². The molecule has 13 heavy (non-hydrogen) atoms. The van der Waals surface area contributed by atoms with Crippen molar-refractivity contribution in [3.8, 4) is 0 Å². The maximum atomic E-state index is 11.5. The van der Waals surface area contributed by atoms with Gasteiger partial charge in [-0.25, -0.2) is 0 Å². The lowest BCUT2D eigenvalue weighted by Gasteiger charge is -2.04. The Morgan fingerprint density at radius 1 is 1.46 bits per heavy atom. The number of methoxy groups -OCH3 is 1. The van der Waals surface area contributed by atoms with Crippen molar-refractivity contribution in [2.45, 2.75) is 4.90 Å². The zero-order chi connectivity index (χ0) is 9.68. The number of ether oxygens (including phenoxy) is 1. The highest BCUT2D eigenvalue weighted by Crippen LogP contribution is 2.20. The Morgan fingerprint density at radius 3 is 2.77 bits per heavy atom. The van der Waals surface area contributed by atoms with E-state index in [2.05, 4.69) is 0 Å². The van der Waals surface area contributed by atoms with Gasteiger partial charge in [0.1, 0.15) is 6.61 Å². The second kappa shape index (κ2) is 5.04. The number of ketones is 1. The minimum absolute atomic E-state index is 0.0347. The van der Waals surface area contributed by atoms with Crippen molar-refractivity contribution >= 4 is 17.5 Å². The van der Waals surface area contributed by atoms with Crippen LogP contribution in [0.3, 0.4) is 0 Å². The summed E-state index contributed by atoms with van der Waals surface area (Å²) in [5.41, 5.74) is 0.747. The quantitative estimate of drug-likeness (QED) is 0.545. The highest BCUT2D eigenvalue weighted by Gasteiger charge is 2.08. The Kier molecular flexibility index (Phi) is 3.99. The fourth-order valence-corrected chi connectivity index (χ4v) is 1.70. The normalized spacial score (nSPS) is 10.0. The van der Waals surface area contributed by atoms with Crippen molar-refractivity contribution in [3.63, 3.8) is 0 Å². The number of benzene rings is 1. The van der Waals surface area contributed by atoms with Crippen LogP contribution in [0.2, 0.25) is 0 Å². The van der Waals surface area contributed by atoms with E-state index in [9.17, 15) is 4.79 Å². The van der Waals surface area contributed by atoms with Gasteiger partial charge in [-0.2, -0.15) is 0 Å². The molecule has 1 aromatic carbocycles. The van der Waals surface area contributed by atoms with Gasteiger partial charge in [0.2, 0.25) is 0 Å². The highest BCUT2D eigenvalue weighted by atomic mass is 32.2. The number of Topliss-reactive ketones (excluding diaryl/α,β-unsaturated/α-hetero) is 1. The summed E-state index contributed by atoms with van der Waals surface area (Å²) in [6, 6.07) is 7.55. The minimum Gasteiger partial charge on any atom is -0.377 e. The number of rotatable bonds is 4. The lowest BCUT2D eigenvalue weighted by atomic mass is 10.1. The van der Waals surface area contributed by atoms with Crippen molar-refractivity contribution in [1.82, 2.24) is 0 Å². The van der Waals surface area contributed by atoms with E-state index in [1.165, 1.54) is 7.11 Å². The number of carbonyl (C=O) groups excluding carboxylic acids is 1. The first-order valence-electron chi connectivity index (χ1n) is 3.94. The molecule has 0 aliphatic heterocycles. The third-order valence-corrected chi connectivity index (χ3v) is 2.48. The molecule has 0 unspecified atom stereocenters. The van der Waals surface area contributed by atoms with E-state index in [1.54, 1.807) is 11.8 Å². The molecule has 1 rings (SSSR count). The summed E-state index contributed by atoms with van der Waals surface area (Å²) in [6.07, 6.45) is 1.96. The SMILES string of the molecule is COCC(=O)c1ccccc1SC. The molecule has 0 amide bonds. The van der Waals surface area contributed by atoms with Crippen LogP contribution in [0.1, 0.15) is 10.4 Å². The van der Waals surface area contributed by atoms with Crippen LogP contribution in [-0.4, -0.2) is 25.8 Å². The third-order valence-electron chi connectivity index (χ3n) is 1.68. The number of hydrogen-bond donors (Lipinski definition) is 0. The van der Waals surface area contributed by atoms with Crippen molar-refractivity contribution in [1.29, 1.82) is 0 Å². The Hall–Kier alpha value is -0.800. The van der Waals surface area contributed by atoms with Gasteiger partial charge < -0.3 is 4.74 Å². The molecule has 1 aromatic rings. The lowest BCUT2D eigenvalue weighted by molar-refractivity contribution is 0.0845. The van der Waals surface area contributed by atoms with Gasteiger partial charge in [0.05, 0.1) is 0 Å². The van der Waals surface area contributed by atoms with Crippen molar-refractivity contribution in [3.05, 3.63) is 29.8 Å². The van der Waals surface area contributed by atoms with Gasteiger partial charge in [-0.1, -0.05) is 18.2 Å². The number of hydrogen-bond acceptors (Lipinski definition) is 3. The predicted octanol–water partition coefficient (Wildman–Crippen LogP) is 2.24. The van der Waals surface area contributed by atoms with Gasteiger partial charge in [-0.15, -0.1) is 11.8 Å². The fraction of sp³-hybridized carbons (Fsp3) is 0.300. The molecule has 0 aliphatic carbocycles. The van der Waals surface area contributed by atoms with E-state index >= 15 is 0 Å². The first kappa shape index (κ1) is 10.3. The Labute approximate surface area is 82.3 Å². The van der Waals surface area contributed by atoms with Crippen LogP contribution in [0.25, 0.3) is 0 Å². The van der Waals surface area contributed by atoms with Crippen LogP contribution in [0.4, 0.5) is 0 Å². The summed E-state index contributed by atoms with van der Waals surface area (Å²) in [6.45, 7) is 0.150. The summed E-state index contributed by atoms with van der Waals surface area (Å²) in [5.74, 6) is 0.0347. The van der Waals surface area contributed by atoms with Gasteiger partial charge in [0.25, 0.3) is 0 Å². The molecule has 2 nitrogen and oxygen atoms in total. The summed E-state index contributed by atoms with van der Waals surface area (Å²) >= 11 is 1.57. The second-order valence-corrected chi connectivity index (χ2v) is 3.40. The Bertz CT molecular complexity index is 297. The molecule has 3 heteroatoms. The van der Waals surface area contributed by atoms with E-state index in [0.29, 0.717) is 0 Å². The summed E-state index contributed by atoms with van der Waals surface area (Å²) in [4.78, 5) is 12.5. The average molecular weight is 196 g/mol. The fourth-order valence-electron chi connectivity index (χ4n) is 1.08. The topological polar surface area (TPSA) is 26.3 Å². The van der Waals surface area contributed by atoms with Gasteiger partial charge >= 0.3 is 0 Å².